The molecular formula is C10H20N2. The number of hydrogen-bond donors (Lipinski definition) is 0. The highest BCUT2D eigenvalue weighted by molar-refractivity contribution is 5.61. The fourth-order valence-corrected chi connectivity index (χ4v) is 1.82. The van der Waals surface area contributed by atoms with E-state index in [2.05, 4.69) is 23.7 Å². The Bertz CT molecular complexity index is 129. The predicted molar refractivity (Wildman–Crippen MR) is 53.7 cm³/mol. The Morgan fingerprint density at radius 2 is 2.00 bits per heavy atom. The molecule has 1 heterocycles. The molecule has 0 atom stereocenters. The van der Waals surface area contributed by atoms with Gasteiger partial charge in [0, 0.05) is 18.8 Å². The number of aliphatic imine (C=N–C) groups is 1. The Labute approximate surface area is 75.7 Å². The van der Waals surface area contributed by atoms with Crippen LogP contribution in [0.2, 0.25) is 0 Å². The van der Waals surface area contributed by atoms with Crippen molar-refractivity contribution in [3.63, 3.8) is 0 Å². The molecule has 1 rings (SSSR count). The summed E-state index contributed by atoms with van der Waals surface area (Å²) in [6.45, 7) is 6.54. The Morgan fingerprint density at radius 3 is 2.42 bits per heavy atom. The third-order valence-corrected chi connectivity index (χ3v) is 2.47. The summed E-state index contributed by atoms with van der Waals surface area (Å²) in [6.07, 6.45) is 7.29. The zero-order valence-electron chi connectivity index (χ0n) is 8.29. The van der Waals surface area contributed by atoms with Crippen LogP contribution in [0.15, 0.2) is 4.99 Å². The van der Waals surface area contributed by atoms with Gasteiger partial charge in [-0.15, -0.1) is 0 Å². The molecule has 0 aromatic rings. The second kappa shape index (κ2) is 5.31. The maximum absolute atomic E-state index is 4.25. The van der Waals surface area contributed by atoms with Crippen molar-refractivity contribution in [2.75, 3.05) is 13.2 Å². The zero-order chi connectivity index (χ0) is 8.81. The van der Waals surface area contributed by atoms with E-state index in [4.69, 9.17) is 0 Å². The predicted octanol–water partition coefficient (Wildman–Crippen LogP) is 2.30. The largest absolute Gasteiger partial charge is 0.281 e. The fourth-order valence-electron chi connectivity index (χ4n) is 1.82. The van der Waals surface area contributed by atoms with Crippen LogP contribution in [0.4, 0.5) is 0 Å². The first-order valence-electron chi connectivity index (χ1n) is 5.10. The molecule has 0 amide bonds. The van der Waals surface area contributed by atoms with E-state index in [9.17, 15) is 0 Å². The van der Waals surface area contributed by atoms with Crippen LogP contribution >= 0.6 is 0 Å². The molecule has 0 saturated carbocycles. The first-order valence-corrected chi connectivity index (χ1v) is 5.10. The van der Waals surface area contributed by atoms with Gasteiger partial charge in [-0.1, -0.05) is 26.7 Å². The van der Waals surface area contributed by atoms with E-state index in [1.165, 1.54) is 25.7 Å². The third-order valence-electron chi connectivity index (χ3n) is 2.47. The lowest BCUT2D eigenvalue weighted by Crippen LogP contribution is -2.33. The van der Waals surface area contributed by atoms with E-state index in [0.717, 1.165) is 19.3 Å². The molecular weight excluding hydrogens is 148 g/mol. The van der Waals surface area contributed by atoms with Crippen molar-refractivity contribution < 1.29 is 0 Å². The molecule has 2 nitrogen and oxygen atoms in total. The first-order chi connectivity index (χ1) is 5.88. The molecule has 0 spiro atoms. The van der Waals surface area contributed by atoms with Gasteiger partial charge in [0.25, 0.3) is 0 Å². The minimum absolute atomic E-state index is 0.780. The number of nitrogens with zero attached hydrogens (tertiary/aromatic N) is 2. The molecule has 0 bridgehead atoms. The topological polar surface area (TPSA) is 15.6 Å². The van der Waals surface area contributed by atoms with Crippen molar-refractivity contribution in [3.8, 4) is 0 Å². The highest BCUT2D eigenvalue weighted by Gasteiger charge is 2.17. The molecule has 0 aromatic heterocycles. The summed E-state index contributed by atoms with van der Waals surface area (Å²) in [5.74, 6) is 0. The zero-order valence-corrected chi connectivity index (χ0v) is 8.29. The molecule has 0 radical (unpaired) electrons. The Kier molecular flexibility index (Phi) is 4.30. The van der Waals surface area contributed by atoms with Gasteiger partial charge in [0.1, 0.15) is 0 Å². The first kappa shape index (κ1) is 9.72. The molecule has 2 heteroatoms. The second-order valence-corrected chi connectivity index (χ2v) is 3.51. The molecule has 0 unspecified atom stereocenters. The van der Waals surface area contributed by atoms with Crippen LogP contribution in [-0.2, 0) is 0 Å². The second-order valence-electron chi connectivity index (χ2n) is 3.51. The molecule has 1 aliphatic heterocycles. The summed E-state index contributed by atoms with van der Waals surface area (Å²) >= 11 is 0. The summed E-state index contributed by atoms with van der Waals surface area (Å²) in [5.41, 5.74) is 0. The van der Waals surface area contributed by atoms with Gasteiger partial charge in [0.05, 0.1) is 6.67 Å². The molecule has 0 fully saturated rings. The van der Waals surface area contributed by atoms with Gasteiger partial charge in [0.2, 0.25) is 0 Å². The molecule has 70 valence electrons. The fraction of sp³-hybridized carbons (Fsp3) is 0.900. The van der Waals surface area contributed by atoms with Crippen molar-refractivity contribution in [1.29, 1.82) is 0 Å². The minimum atomic E-state index is 0.780. The van der Waals surface area contributed by atoms with Crippen LogP contribution in [0.25, 0.3) is 0 Å². The van der Waals surface area contributed by atoms with Crippen LogP contribution < -0.4 is 0 Å². The quantitative estimate of drug-likeness (QED) is 0.615. The third kappa shape index (κ3) is 2.59. The van der Waals surface area contributed by atoms with Gasteiger partial charge in [-0.2, -0.15) is 0 Å². The Balaban J connectivity index is 2.30. The smallest absolute Gasteiger partial charge is 0.0911 e. The van der Waals surface area contributed by atoms with E-state index in [1.807, 2.05) is 6.21 Å². The van der Waals surface area contributed by atoms with Crippen LogP contribution in [0.5, 0.6) is 0 Å². The molecule has 0 aromatic carbocycles. The number of hydrogen-bond acceptors (Lipinski definition) is 2. The average Bonchev–Trinajstić information content (AvgIpc) is 2.56. The van der Waals surface area contributed by atoms with Crippen molar-refractivity contribution in [1.82, 2.24) is 4.90 Å². The van der Waals surface area contributed by atoms with Crippen LogP contribution in [0.1, 0.15) is 39.5 Å². The summed E-state index contributed by atoms with van der Waals surface area (Å²) in [4.78, 5) is 6.73. The summed E-state index contributed by atoms with van der Waals surface area (Å²) in [7, 11) is 0. The standard InChI is InChI=1S/C10H20N2/c1-3-5-10(6-4-2)12-8-7-11-9-12/h7,10H,3-6,8-9H2,1-2H3. The molecule has 0 aliphatic carbocycles. The number of rotatable bonds is 5. The molecule has 0 saturated heterocycles. The van der Waals surface area contributed by atoms with Crippen molar-refractivity contribution in [2.24, 2.45) is 4.99 Å². The van der Waals surface area contributed by atoms with E-state index in [-0.39, 0.29) is 0 Å². The van der Waals surface area contributed by atoms with E-state index < -0.39 is 0 Å². The summed E-state index contributed by atoms with van der Waals surface area (Å²) < 4.78 is 0. The van der Waals surface area contributed by atoms with Crippen molar-refractivity contribution >= 4 is 6.21 Å². The van der Waals surface area contributed by atoms with Gasteiger partial charge in [-0.05, 0) is 12.8 Å². The minimum Gasteiger partial charge on any atom is -0.281 e. The van der Waals surface area contributed by atoms with Crippen LogP contribution in [-0.4, -0.2) is 30.4 Å². The van der Waals surface area contributed by atoms with Crippen LogP contribution in [0.3, 0.4) is 0 Å². The van der Waals surface area contributed by atoms with Crippen LogP contribution in [0, 0.1) is 0 Å². The van der Waals surface area contributed by atoms with Gasteiger partial charge in [0.15, 0.2) is 0 Å². The SMILES string of the molecule is CCCC(CCC)N1CC=NC1. The van der Waals surface area contributed by atoms with E-state index in [0.29, 0.717) is 0 Å². The van der Waals surface area contributed by atoms with Crippen molar-refractivity contribution in [3.05, 3.63) is 0 Å². The van der Waals surface area contributed by atoms with E-state index >= 15 is 0 Å². The monoisotopic (exact) mass is 168 g/mol. The summed E-state index contributed by atoms with van der Waals surface area (Å²) in [6, 6.07) is 0.780. The van der Waals surface area contributed by atoms with E-state index in [1.54, 1.807) is 0 Å². The highest BCUT2D eigenvalue weighted by atomic mass is 15.2. The normalized spacial score (nSPS) is 17.9. The molecule has 1 aliphatic rings. The molecule has 12 heavy (non-hydrogen) atoms. The highest BCUT2D eigenvalue weighted by Crippen LogP contribution is 2.14. The lowest BCUT2D eigenvalue weighted by Gasteiger charge is -2.25. The molecule has 0 N–H and O–H groups in total. The Hall–Kier alpha value is -0.370. The maximum atomic E-state index is 4.25. The van der Waals surface area contributed by atoms with Gasteiger partial charge < -0.3 is 0 Å². The lowest BCUT2D eigenvalue weighted by molar-refractivity contribution is 0.219. The van der Waals surface area contributed by atoms with Crippen molar-refractivity contribution in [2.45, 2.75) is 45.6 Å². The van der Waals surface area contributed by atoms with Gasteiger partial charge >= 0.3 is 0 Å². The summed E-state index contributed by atoms with van der Waals surface area (Å²) in [5, 5.41) is 0. The van der Waals surface area contributed by atoms with Gasteiger partial charge in [-0.25, -0.2) is 0 Å². The lowest BCUT2D eigenvalue weighted by atomic mass is 10.1. The maximum Gasteiger partial charge on any atom is 0.0911 e. The Morgan fingerprint density at radius 1 is 1.33 bits per heavy atom. The average molecular weight is 168 g/mol. The van der Waals surface area contributed by atoms with Gasteiger partial charge in [-0.3, -0.25) is 9.89 Å².